The third-order valence-electron chi connectivity index (χ3n) is 3.21. The molecule has 158 valence electrons. The monoisotopic (exact) mass is 402 g/mol. The molecule has 0 radical (unpaired) electrons. The lowest BCUT2D eigenvalue weighted by Gasteiger charge is -2.29. The predicted molar refractivity (Wildman–Crippen MR) is 98.4 cm³/mol. The average Bonchev–Trinajstić information content (AvgIpc) is 2.52. The molecule has 0 heterocycles. The molecule has 1 aromatic carbocycles. The highest BCUT2D eigenvalue weighted by atomic mass is 19.1. The Morgan fingerprint density at radius 1 is 1.21 bits per heavy atom. The molecule has 28 heavy (non-hydrogen) atoms. The van der Waals surface area contributed by atoms with Crippen molar-refractivity contribution in [2.45, 2.75) is 51.8 Å². The van der Waals surface area contributed by atoms with E-state index in [1.54, 1.807) is 6.07 Å². The van der Waals surface area contributed by atoms with Crippen LogP contribution < -0.4 is 15.8 Å². The van der Waals surface area contributed by atoms with E-state index in [4.69, 9.17) is 30.3 Å². The van der Waals surface area contributed by atoms with Crippen LogP contribution in [0.2, 0.25) is 0 Å². The van der Waals surface area contributed by atoms with E-state index in [0.717, 1.165) is 0 Å². The second-order valence-electron chi connectivity index (χ2n) is 7.08. The maximum atomic E-state index is 13.8. The van der Waals surface area contributed by atoms with Crippen molar-refractivity contribution in [2.75, 3.05) is 6.61 Å². The number of aliphatic hydroxyl groups is 1. The van der Waals surface area contributed by atoms with Gasteiger partial charge in [-0.15, -0.1) is 0 Å². The van der Waals surface area contributed by atoms with Crippen molar-refractivity contribution in [1.29, 1.82) is 0 Å². The number of primary amides is 1. The molecule has 0 aromatic heterocycles. The minimum Gasteiger partial charge on any atom is -0.488 e. The van der Waals surface area contributed by atoms with E-state index in [1.165, 1.54) is 12.1 Å². The van der Waals surface area contributed by atoms with E-state index in [9.17, 15) is 14.3 Å². The molecule has 1 amide bonds. The van der Waals surface area contributed by atoms with Crippen molar-refractivity contribution in [1.82, 2.24) is 5.32 Å². The fourth-order valence-electron chi connectivity index (χ4n) is 2.07. The third kappa shape index (κ3) is 11.1. The van der Waals surface area contributed by atoms with Crippen molar-refractivity contribution in [3.05, 3.63) is 29.6 Å². The number of amides is 1. The second-order valence-corrected chi connectivity index (χ2v) is 7.08. The number of hydrogen-bond donors (Lipinski definition) is 5. The number of benzene rings is 1. The van der Waals surface area contributed by atoms with Gasteiger partial charge in [0.25, 0.3) is 0 Å². The van der Waals surface area contributed by atoms with Gasteiger partial charge in [-0.3, -0.25) is 4.79 Å². The van der Waals surface area contributed by atoms with Crippen LogP contribution in [0.5, 0.6) is 5.75 Å². The van der Waals surface area contributed by atoms with Gasteiger partial charge in [0, 0.05) is 11.6 Å². The Morgan fingerprint density at radius 2 is 1.75 bits per heavy atom. The maximum Gasteiger partial charge on any atom is 0.414 e. The summed E-state index contributed by atoms with van der Waals surface area (Å²) >= 11 is 0. The number of hydrogen-bond acceptors (Lipinski definition) is 6. The molecule has 0 fully saturated rings. The zero-order valence-corrected chi connectivity index (χ0v) is 16.2. The van der Waals surface area contributed by atoms with Gasteiger partial charge < -0.3 is 31.1 Å². The largest absolute Gasteiger partial charge is 0.488 e. The summed E-state index contributed by atoms with van der Waals surface area (Å²) in [4.78, 5) is 29.0. The highest BCUT2D eigenvalue weighted by molar-refractivity contribution is 6.27. The van der Waals surface area contributed by atoms with Gasteiger partial charge in [0.05, 0.1) is 6.42 Å². The van der Waals surface area contributed by atoms with E-state index in [2.05, 4.69) is 5.32 Å². The summed E-state index contributed by atoms with van der Waals surface area (Å²) in [5.74, 6) is -4.71. The number of nitrogens with one attached hydrogen (secondary N) is 1. The van der Waals surface area contributed by atoms with Crippen LogP contribution in [0.3, 0.4) is 0 Å². The van der Waals surface area contributed by atoms with Crippen molar-refractivity contribution in [3.63, 3.8) is 0 Å². The number of halogens is 1. The average molecular weight is 402 g/mol. The first-order chi connectivity index (χ1) is 12.7. The van der Waals surface area contributed by atoms with Crippen LogP contribution in [-0.4, -0.2) is 57.5 Å². The van der Waals surface area contributed by atoms with Gasteiger partial charge in [-0.25, -0.2) is 14.0 Å². The fraction of sp³-hybridized carbons (Fsp3) is 0.500. The summed E-state index contributed by atoms with van der Waals surface area (Å²) in [6, 6.07) is 4.02. The van der Waals surface area contributed by atoms with Crippen molar-refractivity contribution in [3.8, 4) is 5.75 Å². The van der Waals surface area contributed by atoms with Crippen molar-refractivity contribution < 1.29 is 38.8 Å². The van der Waals surface area contributed by atoms with Gasteiger partial charge >= 0.3 is 11.9 Å². The minimum atomic E-state index is -1.82. The van der Waals surface area contributed by atoms with Crippen LogP contribution in [0, 0.1) is 5.82 Å². The Hall–Kier alpha value is -2.72. The number of ether oxygens (including phenoxy) is 1. The molecule has 0 spiro atoms. The number of carbonyl (C=O) groups is 3. The molecule has 0 aliphatic carbocycles. The van der Waals surface area contributed by atoms with Gasteiger partial charge in [0.1, 0.15) is 12.7 Å². The molecule has 9 nitrogen and oxygen atoms in total. The molecule has 2 atom stereocenters. The quantitative estimate of drug-likeness (QED) is 0.413. The van der Waals surface area contributed by atoms with Gasteiger partial charge in [-0.1, -0.05) is 6.07 Å². The summed E-state index contributed by atoms with van der Waals surface area (Å²) in [7, 11) is 0. The van der Waals surface area contributed by atoms with Crippen molar-refractivity contribution >= 4 is 17.8 Å². The number of aliphatic hydroxyl groups excluding tert-OH is 1. The standard InChI is InChI=1S/C16H25FN2O3.C2H2O4/c1-10(19-16(2,3)4)13(20)9-22-14-6-5-11(7-12(14)17)8-15(18)21;3-1(4)2(5)6/h5-7,10,13,19-20H,8-9H2,1-4H3,(H2,18,21);(H,3,4)(H,5,6). The third-order valence-corrected chi connectivity index (χ3v) is 3.21. The summed E-state index contributed by atoms with van der Waals surface area (Å²) in [5, 5.41) is 28.0. The van der Waals surface area contributed by atoms with Crippen LogP contribution in [0.4, 0.5) is 4.39 Å². The summed E-state index contributed by atoms with van der Waals surface area (Å²) < 4.78 is 19.2. The van der Waals surface area contributed by atoms with Crippen molar-refractivity contribution in [2.24, 2.45) is 5.73 Å². The Labute approximate surface area is 162 Å². The van der Waals surface area contributed by atoms with Crippen LogP contribution in [0.25, 0.3) is 0 Å². The molecule has 1 rings (SSSR count). The molecule has 6 N–H and O–H groups in total. The summed E-state index contributed by atoms with van der Waals surface area (Å²) in [6.07, 6.45) is -0.796. The normalized spacial score (nSPS) is 12.9. The lowest BCUT2D eigenvalue weighted by atomic mass is 10.1. The second kappa shape index (κ2) is 11.2. The van der Waals surface area contributed by atoms with E-state index in [-0.39, 0.29) is 30.4 Å². The van der Waals surface area contributed by atoms with Gasteiger partial charge in [0.15, 0.2) is 11.6 Å². The molecule has 0 aliphatic heterocycles. The molecule has 0 saturated carbocycles. The highest BCUT2D eigenvalue weighted by Crippen LogP contribution is 2.19. The number of aliphatic carboxylic acids is 2. The molecular weight excluding hydrogens is 375 g/mol. The molecule has 2 unspecified atom stereocenters. The molecular formula is C18H27FN2O7. The topological polar surface area (TPSA) is 159 Å². The minimum absolute atomic E-state index is 0.0215. The SMILES string of the molecule is CC(NC(C)(C)C)C(O)COc1ccc(CC(N)=O)cc1F.O=C(O)C(=O)O. The fourth-order valence-corrected chi connectivity index (χ4v) is 2.07. The predicted octanol–water partition coefficient (Wildman–Crippen LogP) is 0.525. The number of carboxylic acid groups (broad SMARTS) is 2. The summed E-state index contributed by atoms with van der Waals surface area (Å²) in [5.41, 5.74) is 5.41. The maximum absolute atomic E-state index is 13.8. The Kier molecular flexibility index (Phi) is 10.1. The van der Waals surface area contributed by atoms with Crippen LogP contribution in [0.1, 0.15) is 33.3 Å². The van der Waals surface area contributed by atoms with E-state index in [1.807, 2.05) is 27.7 Å². The zero-order valence-electron chi connectivity index (χ0n) is 16.2. The molecule has 1 aromatic rings. The molecule has 0 aliphatic rings. The lowest BCUT2D eigenvalue weighted by Crippen LogP contribution is -2.49. The lowest BCUT2D eigenvalue weighted by molar-refractivity contribution is -0.159. The van der Waals surface area contributed by atoms with E-state index >= 15 is 0 Å². The first kappa shape index (κ1) is 25.3. The first-order valence-electron chi connectivity index (χ1n) is 8.34. The van der Waals surface area contributed by atoms with Gasteiger partial charge in [-0.2, -0.15) is 0 Å². The Morgan fingerprint density at radius 3 is 2.14 bits per heavy atom. The summed E-state index contributed by atoms with van der Waals surface area (Å²) in [6.45, 7) is 7.79. The Bertz CT molecular complexity index is 677. The number of rotatable bonds is 7. The number of carboxylic acids is 2. The van der Waals surface area contributed by atoms with Gasteiger partial charge in [0.2, 0.25) is 5.91 Å². The van der Waals surface area contributed by atoms with E-state index in [0.29, 0.717) is 5.56 Å². The van der Waals surface area contributed by atoms with E-state index < -0.39 is 29.8 Å². The first-order valence-corrected chi connectivity index (χ1v) is 8.34. The smallest absolute Gasteiger partial charge is 0.414 e. The molecule has 10 heteroatoms. The van der Waals surface area contributed by atoms with Gasteiger partial charge in [-0.05, 0) is 45.4 Å². The number of nitrogens with two attached hydrogens (primary N) is 1. The Balaban J connectivity index is 0.00000105. The van der Waals surface area contributed by atoms with Crippen LogP contribution >= 0.6 is 0 Å². The number of carbonyl (C=O) groups excluding carboxylic acids is 1. The van der Waals surface area contributed by atoms with Crippen LogP contribution in [0.15, 0.2) is 18.2 Å². The molecule has 0 saturated heterocycles. The van der Waals surface area contributed by atoms with Crippen LogP contribution in [-0.2, 0) is 20.8 Å². The highest BCUT2D eigenvalue weighted by Gasteiger charge is 2.21. The zero-order chi connectivity index (χ0) is 22.1. The molecule has 0 bridgehead atoms.